The average Bonchev–Trinajstić information content (AvgIpc) is 2.72. The van der Waals surface area contributed by atoms with Crippen molar-refractivity contribution in [2.24, 2.45) is 0 Å². The molecule has 28 heavy (non-hydrogen) atoms. The van der Waals surface area contributed by atoms with Gasteiger partial charge in [0, 0.05) is 10.5 Å². The molecular formula is C22H25IN2O3. The number of ether oxygens (including phenoxy) is 1. The van der Waals surface area contributed by atoms with E-state index in [0.29, 0.717) is 10.8 Å². The van der Waals surface area contributed by atoms with Crippen LogP contribution in [0.5, 0.6) is 0 Å². The molecule has 5 nitrogen and oxygen atoms in total. The van der Waals surface area contributed by atoms with Gasteiger partial charge < -0.3 is 9.64 Å². The van der Waals surface area contributed by atoms with Crippen molar-refractivity contribution in [3.8, 4) is 0 Å². The summed E-state index contributed by atoms with van der Waals surface area (Å²) in [5.74, 6) is 0. The number of benzene rings is 2. The summed E-state index contributed by atoms with van der Waals surface area (Å²) in [5, 5.41) is 0. The first-order valence-electron chi connectivity index (χ1n) is 9.52. The van der Waals surface area contributed by atoms with Gasteiger partial charge in [-0.1, -0.05) is 83.3 Å². The number of hydrogen-bond donors (Lipinski definition) is 0. The first kappa shape index (κ1) is 20.6. The molecule has 3 amide bonds. The molecule has 1 saturated heterocycles. The number of halogens is 1. The van der Waals surface area contributed by atoms with Crippen molar-refractivity contribution in [3.63, 3.8) is 0 Å². The fraction of sp³-hybridized carbons (Fsp3) is 0.364. The summed E-state index contributed by atoms with van der Waals surface area (Å²) in [6.07, 6.45) is 0.148. The number of rotatable bonds is 5. The third-order valence-electron chi connectivity index (χ3n) is 5.03. The lowest BCUT2D eigenvalue weighted by Gasteiger charge is -2.46. The Kier molecular flexibility index (Phi) is 6.93. The van der Waals surface area contributed by atoms with Gasteiger partial charge in [0.05, 0.1) is 18.7 Å². The molecule has 0 bridgehead atoms. The van der Waals surface area contributed by atoms with Crippen LogP contribution < -0.4 is 0 Å². The molecule has 0 aromatic heterocycles. The fourth-order valence-corrected chi connectivity index (χ4v) is 4.54. The molecule has 0 N–H and O–H groups in total. The van der Waals surface area contributed by atoms with E-state index in [4.69, 9.17) is 4.74 Å². The maximum absolute atomic E-state index is 13.6. The highest BCUT2D eigenvalue weighted by Crippen LogP contribution is 2.36. The molecule has 0 radical (unpaired) electrons. The summed E-state index contributed by atoms with van der Waals surface area (Å²) in [6.45, 7) is 4.05. The largest absolute Gasteiger partial charge is 0.449 e. The molecule has 148 valence electrons. The number of nitrogens with zero attached hydrogens (tertiary/aromatic N) is 2. The summed E-state index contributed by atoms with van der Waals surface area (Å²) in [7, 11) is 0. The standard InChI is InChI=1S/C22H25IN2O3/c1-3-28-22(27)25-19(15-23)14-16(2)24(21(25)26)20(17-10-6-4-7-11-17)18-12-8-5-9-13-18/h4-13,16,19-20H,3,14-15H2,1-2H3. The Bertz CT molecular complexity index is 760. The Morgan fingerprint density at radius 3 is 2.11 bits per heavy atom. The number of imide groups is 1. The van der Waals surface area contributed by atoms with Crippen molar-refractivity contribution in [2.75, 3.05) is 11.0 Å². The molecule has 2 atom stereocenters. The molecule has 0 saturated carbocycles. The minimum absolute atomic E-state index is 0.0108. The highest BCUT2D eigenvalue weighted by molar-refractivity contribution is 14.1. The van der Waals surface area contributed by atoms with Crippen molar-refractivity contribution in [3.05, 3.63) is 71.8 Å². The van der Waals surface area contributed by atoms with Gasteiger partial charge in [0.25, 0.3) is 0 Å². The molecule has 3 rings (SSSR count). The van der Waals surface area contributed by atoms with Gasteiger partial charge in [-0.05, 0) is 31.4 Å². The lowest BCUT2D eigenvalue weighted by atomic mass is 9.93. The van der Waals surface area contributed by atoms with Gasteiger partial charge in [0.15, 0.2) is 0 Å². The van der Waals surface area contributed by atoms with Gasteiger partial charge >= 0.3 is 12.1 Å². The van der Waals surface area contributed by atoms with Crippen molar-refractivity contribution in [1.82, 2.24) is 9.80 Å². The van der Waals surface area contributed by atoms with E-state index < -0.39 is 6.09 Å². The van der Waals surface area contributed by atoms with Crippen molar-refractivity contribution in [1.29, 1.82) is 0 Å². The second-order valence-corrected chi connectivity index (χ2v) is 7.76. The molecule has 1 heterocycles. The molecule has 0 aliphatic carbocycles. The molecule has 2 unspecified atom stereocenters. The summed E-state index contributed by atoms with van der Waals surface area (Å²) in [5.41, 5.74) is 2.04. The average molecular weight is 492 g/mol. The second-order valence-electron chi connectivity index (χ2n) is 6.88. The molecule has 2 aromatic carbocycles. The van der Waals surface area contributed by atoms with E-state index in [9.17, 15) is 9.59 Å². The molecule has 6 heteroatoms. The first-order valence-corrected chi connectivity index (χ1v) is 11.0. The highest BCUT2D eigenvalue weighted by Gasteiger charge is 2.44. The zero-order valence-corrected chi connectivity index (χ0v) is 18.3. The molecule has 1 aliphatic rings. The van der Waals surface area contributed by atoms with E-state index in [-0.39, 0.29) is 30.8 Å². The van der Waals surface area contributed by atoms with Crippen molar-refractivity contribution >= 4 is 34.7 Å². The Hall–Kier alpha value is -2.09. The van der Waals surface area contributed by atoms with Gasteiger partial charge in [-0.3, -0.25) is 0 Å². The number of carbonyl (C=O) groups is 2. The van der Waals surface area contributed by atoms with Crippen LogP contribution in [0.1, 0.15) is 37.4 Å². The Morgan fingerprint density at radius 2 is 1.64 bits per heavy atom. The normalized spacial score (nSPS) is 19.8. The van der Waals surface area contributed by atoms with E-state index in [2.05, 4.69) is 29.5 Å². The maximum Gasteiger partial charge on any atom is 0.418 e. The maximum atomic E-state index is 13.6. The smallest absolute Gasteiger partial charge is 0.418 e. The van der Waals surface area contributed by atoms with Crippen molar-refractivity contribution in [2.45, 2.75) is 38.4 Å². The topological polar surface area (TPSA) is 49.9 Å². The molecule has 1 aliphatic heterocycles. The van der Waals surface area contributed by atoms with Gasteiger partial charge in [-0.2, -0.15) is 0 Å². The van der Waals surface area contributed by atoms with Gasteiger partial charge in [-0.15, -0.1) is 0 Å². The molecule has 0 spiro atoms. The summed E-state index contributed by atoms with van der Waals surface area (Å²) in [4.78, 5) is 29.3. The van der Waals surface area contributed by atoms with Gasteiger partial charge in [0.2, 0.25) is 0 Å². The van der Waals surface area contributed by atoms with Crippen molar-refractivity contribution < 1.29 is 14.3 Å². The predicted octanol–water partition coefficient (Wildman–Crippen LogP) is 5.25. The SMILES string of the molecule is CCOC(=O)N1C(=O)N(C(c2ccccc2)c2ccccc2)C(C)CC1CI. The fourth-order valence-electron chi connectivity index (χ4n) is 3.78. The molecule has 1 fully saturated rings. The number of urea groups is 1. The molecular weight excluding hydrogens is 467 g/mol. The minimum atomic E-state index is -0.564. The predicted molar refractivity (Wildman–Crippen MR) is 118 cm³/mol. The third kappa shape index (κ3) is 4.16. The van der Waals surface area contributed by atoms with Crippen LogP contribution in [0.4, 0.5) is 9.59 Å². The Morgan fingerprint density at radius 1 is 1.11 bits per heavy atom. The third-order valence-corrected chi connectivity index (χ3v) is 6.05. The number of carbonyl (C=O) groups excluding carboxylic acids is 2. The minimum Gasteiger partial charge on any atom is -0.449 e. The van der Waals surface area contributed by atoms with Crippen LogP contribution in [0.3, 0.4) is 0 Å². The van der Waals surface area contributed by atoms with E-state index in [1.807, 2.05) is 65.6 Å². The number of alkyl halides is 1. The van der Waals surface area contributed by atoms with Gasteiger partial charge in [0.1, 0.15) is 0 Å². The monoisotopic (exact) mass is 492 g/mol. The van der Waals surface area contributed by atoms with Crippen LogP contribution >= 0.6 is 22.6 Å². The quantitative estimate of drug-likeness (QED) is 0.423. The van der Waals surface area contributed by atoms with Crippen LogP contribution in [0, 0.1) is 0 Å². The van der Waals surface area contributed by atoms with E-state index in [0.717, 1.165) is 11.1 Å². The zero-order chi connectivity index (χ0) is 20.1. The van der Waals surface area contributed by atoms with Crippen LogP contribution in [0.2, 0.25) is 0 Å². The number of amides is 3. The van der Waals surface area contributed by atoms with Crippen LogP contribution in [0.25, 0.3) is 0 Å². The molecule has 2 aromatic rings. The Balaban J connectivity index is 2.05. The lowest BCUT2D eigenvalue weighted by molar-refractivity contribution is 0.0502. The van der Waals surface area contributed by atoms with Crippen LogP contribution in [0.15, 0.2) is 60.7 Å². The first-order chi connectivity index (χ1) is 13.6. The summed E-state index contributed by atoms with van der Waals surface area (Å²) < 4.78 is 5.88. The second kappa shape index (κ2) is 9.41. The van der Waals surface area contributed by atoms with E-state index >= 15 is 0 Å². The zero-order valence-electron chi connectivity index (χ0n) is 16.1. The number of hydrogen-bond acceptors (Lipinski definition) is 3. The Labute approximate surface area is 179 Å². The summed E-state index contributed by atoms with van der Waals surface area (Å²) >= 11 is 2.23. The highest BCUT2D eigenvalue weighted by atomic mass is 127. The van der Waals surface area contributed by atoms with E-state index in [1.165, 1.54) is 4.90 Å². The van der Waals surface area contributed by atoms with Crippen LogP contribution in [-0.2, 0) is 4.74 Å². The lowest BCUT2D eigenvalue weighted by Crippen LogP contribution is -2.61. The van der Waals surface area contributed by atoms with Crippen LogP contribution in [-0.4, -0.2) is 45.0 Å². The summed E-state index contributed by atoms with van der Waals surface area (Å²) in [6, 6.07) is 19.2. The van der Waals surface area contributed by atoms with Gasteiger partial charge in [-0.25, -0.2) is 14.5 Å². The van der Waals surface area contributed by atoms with E-state index in [1.54, 1.807) is 6.92 Å².